The van der Waals surface area contributed by atoms with Crippen molar-refractivity contribution in [2.24, 2.45) is 11.8 Å². The number of nitrogens with zero attached hydrogens (tertiary/aromatic N) is 3. The lowest BCUT2D eigenvalue weighted by molar-refractivity contribution is -0.134. The Bertz CT molecular complexity index is 733. The second-order valence-electron chi connectivity index (χ2n) is 6.44. The largest absolute Gasteiger partial charge is 0.354 e. The number of nitrogens with one attached hydrogen (secondary N) is 2. The summed E-state index contributed by atoms with van der Waals surface area (Å²) in [7, 11) is 0. The molecule has 26 heavy (non-hydrogen) atoms. The van der Waals surface area contributed by atoms with E-state index in [1.807, 2.05) is 0 Å². The molecule has 0 bridgehead atoms. The monoisotopic (exact) mass is 375 g/mol. The molecule has 1 aromatic heterocycles. The fourth-order valence-electron chi connectivity index (χ4n) is 3.30. The molecule has 0 aliphatic heterocycles. The molecular formula is C18H22ClN5O2. The van der Waals surface area contributed by atoms with Gasteiger partial charge in [0.1, 0.15) is 12.7 Å². The van der Waals surface area contributed by atoms with E-state index >= 15 is 0 Å². The highest BCUT2D eigenvalue weighted by Gasteiger charge is 2.35. The van der Waals surface area contributed by atoms with Crippen molar-refractivity contribution in [1.82, 2.24) is 20.1 Å². The highest BCUT2D eigenvalue weighted by molar-refractivity contribution is 6.30. The zero-order chi connectivity index (χ0) is 18.4. The van der Waals surface area contributed by atoms with Gasteiger partial charge >= 0.3 is 0 Å². The molecule has 0 radical (unpaired) electrons. The average molecular weight is 376 g/mol. The second-order valence-corrected chi connectivity index (χ2v) is 6.88. The van der Waals surface area contributed by atoms with Crippen molar-refractivity contribution < 1.29 is 9.59 Å². The number of anilines is 1. The highest BCUT2D eigenvalue weighted by Crippen LogP contribution is 2.31. The van der Waals surface area contributed by atoms with Crippen LogP contribution < -0.4 is 10.6 Å². The Hall–Kier alpha value is -2.41. The van der Waals surface area contributed by atoms with E-state index < -0.39 is 0 Å². The van der Waals surface area contributed by atoms with Gasteiger partial charge in [0.15, 0.2) is 0 Å². The Labute approximate surface area is 157 Å². The first-order valence-electron chi connectivity index (χ1n) is 8.80. The molecule has 1 heterocycles. The first-order valence-corrected chi connectivity index (χ1v) is 9.18. The van der Waals surface area contributed by atoms with Crippen LogP contribution in [0.5, 0.6) is 0 Å². The third-order valence-corrected chi connectivity index (χ3v) is 4.91. The third kappa shape index (κ3) is 4.82. The fourth-order valence-corrected chi connectivity index (χ4v) is 3.43. The molecule has 138 valence electrons. The lowest BCUT2D eigenvalue weighted by Gasteiger charge is -2.29. The van der Waals surface area contributed by atoms with Gasteiger partial charge in [0.05, 0.1) is 6.54 Å². The Kier molecular flexibility index (Phi) is 6.22. The molecule has 7 nitrogen and oxygen atoms in total. The molecule has 1 aliphatic rings. The predicted octanol–water partition coefficient (Wildman–Crippen LogP) is 2.49. The van der Waals surface area contributed by atoms with E-state index in [1.54, 1.807) is 35.3 Å². The topological polar surface area (TPSA) is 88.9 Å². The number of rotatable bonds is 6. The molecule has 2 aromatic rings. The van der Waals surface area contributed by atoms with Crippen LogP contribution in [0.1, 0.15) is 25.7 Å². The molecule has 0 spiro atoms. The first-order chi connectivity index (χ1) is 12.6. The minimum Gasteiger partial charge on any atom is -0.354 e. The number of halogens is 1. The molecule has 3 rings (SSSR count). The van der Waals surface area contributed by atoms with Crippen LogP contribution in [0.2, 0.25) is 5.02 Å². The fraction of sp³-hybridized carbons (Fsp3) is 0.444. The summed E-state index contributed by atoms with van der Waals surface area (Å²) >= 11 is 5.87. The number of carbonyl (C=O) groups is 2. The zero-order valence-electron chi connectivity index (χ0n) is 14.4. The average Bonchev–Trinajstić information content (AvgIpc) is 3.17. The van der Waals surface area contributed by atoms with Gasteiger partial charge in [-0.15, -0.1) is 0 Å². The van der Waals surface area contributed by atoms with Gasteiger partial charge < -0.3 is 10.6 Å². The summed E-state index contributed by atoms with van der Waals surface area (Å²) in [5.74, 6) is -0.790. The van der Waals surface area contributed by atoms with E-state index in [0.717, 1.165) is 25.7 Å². The van der Waals surface area contributed by atoms with Gasteiger partial charge in [-0.2, -0.15) is 5.10 Å². The first kappa shape index (κ1) is 18.4. The SMILES string of the molecule is O=C(NCCn1cncn1)[C@H]1CCCC[C@H]1C(=O)Nc1ccc(Cl)cc1. The summed E-state index contributed by atoms with van der Waals surface area (Å²) in [5.41, 5.74) is 0.690. The van der Waals surface area contributed by atoms with Gasteiger partial charge in [0.25, 0.3) is 0 Å². The number of hydrogen-bond donors (Lipinski definition) is 2. The maximum absolute atomic E-state index is 12.7. The Morgan fingerprint density at radius 2 is 1.81 bits per heavy atom. The van der Waals surface area contributed by atoms with Gasteiger partial charge in [-0.05, 0) is 37.1 Å². The lowest BCUT2D eigenvalue weighted by atomic mass is 9.78. The minimum absolute atomic E-state index is 0.0685. The molecule has 1 aromatic carbocycles. The van der Waals surface area contributed by atoms with Crippen LogP contribution >= 0.6 is 11.6 Å². The molecule has 0 unspecified atom stereocenters. The van der Waals surface area contributed by atoms with Gasteiger partial charge in [-0.1, -0.05) is 24.4 Å². The van der Waals surface area contributed by atoms with Crippen LogP contribution in [0.3, 0.4) is 0 Å². The highest BCUT2D eigenvalue weighted by atomic mass is 35.5. The molecule has 1 aliphatic carbocycles. The van der Waals surface area contributed by atoms with Crippen LogP contribution in [0, 0.1) is 11.8 Å². The third-order valence-electron chi connectivity index (χ3n) is 4.66. The minimum atomic E-state index is -0.314. The van der Waals surface area contributed by atoms with Crippen molar-refractivity contribution in [1.29, 1.82) is 0 Å². The van der Waals surface area contributed by atoms with Gasteiger partial charge in [-0.25, -0.2) is 4.98 Å². The summed E-state index contributed by atoms with van der Waals surface area (Å²) in [6.45, 7) is 1.02. The second kappa shape index (κ2) is 8.80. The van der Waals surface area contributed by atoms with Crippen molar-refractivity contribution in [2.75, 3.05) is 11.9 Å². The summed E-state index contributed by atoms with van der Waals surface area (Å²) in [6.07, 6.45) is 6.44. The molecular weight excluding hydrogens is 354 g/mol. The normalized spacial score (nSPS) is 19.7. The van der Waals surface area contributed by atoms with Crippen LogP contribution in [0.4, 0.5) is 5.69 Å². The smallest absolute Gasteiger partial charge is 0.228 e. The quantitative estimate of drug-likeness (QED) is 0.811. The van der Waals surface area contributed by atoms with Gasteiger partial charge in [-0.3, -0.25) is 14.3 Å². The van der Waals surface area contributed by atoms with Crippen molar-refractivity contribution in [3.05, 3.63) is 41.9 Å². The van der Waals surface area contributed by atoms with E-state index in [4.69, 9.17) is 11.6 Å². The van der Waals surface area contributed by atoms with E-state index in [-0.39, 0.29) is 23.7 Å². The number of hydrogen-bond acceptors (Lipinski definition) is 4. The molecule has 2 N–H and O–H groups in total. The molecule has 0 saturated heterocycles. The van der Waals surface area contributed by atoms with E-state index in [9.17, 15) is 9.59 Å². The van der Waals surface area contributed by atoms with E-state index in [0.29, 0.717) is 23.8 Å². The van der Waals surface area contributed by atoms with Crippen LogP contribution in [-0.2, 0) is 16.1 Å². The van der Waals surface area contributed by atoms with Crippen molar-refractivity contribution in [2.45, 2.75) is 32.2 Å². The Morgan fingerprint density at radius 3 is 2.46 bits per heavy atom. The Morgan fingerprint density at radius 1 is 1.12 bits per heavy atom. The Balaban J connectivity index is 1.56. The molecule has 2 atom stereocenters. The number of amides is 2. The summed E-state index contributed by atoms with van der Waals surface area (Å²) < 4.78 is 1.66. The van der Waals surface area contributed by atoms with Gasteiger partial charge in [0.2, 0.25) is 11.8 Å². The van der Waals surface area contributed by atoms with Crippen molar-refractivity contribution in [3.8, 4) is 0 Å². The maximum Gasteiger partial charge on any atom is 0.228 e. The summed E-state index contributed by atoms with van der Waals surface area (Å²) in [5, 5.41) is 10.4. The molecule has 8 heteroatoms. The van der Waals surface area contributed by atoms with E-state index in [1.165, 1.54) is 6.33 Å². The van der Waals surface area contributed by atoms with Crippen molar-refractivity contribution >= 4 is 29.1 Å². The van der Waals surface area contributed by atoms with Crippen LogP contribution in [0.15, 0.2) is 36.9 Å². The van der Waals surface area contributed by atoms with Crippen molar-refractivity contribution in [3.63, 3.8) is 0 Å². The molecule has 2 amide bonds. The van der Waals surface area contributed by atoms with Crippen LogP contribution in [-0.4, -0.2) is 33.1 Å². The van der Waals surface area contributed by atoms with Gasteiger partial charge in [0, 0.05) is 29.1 Å². The van der Waals surface area contributed by atoms with E-state index in [2.05, 4.69) is 20.7 Å². The maximum atomic E-state index is 12.7. The standard InChI is InChI=1S/C18H22ClN5O2/c19-13-5-7-14(8-6-13)23-18(26)16-4-2-1-3-15(16)17(25)21-9-10-24-12-20-11-22-24/h5-8,11-12,15-16H,1-4,9-10H2,(H,21,25)(H,23,26)/t15-,16+/m0/s1. The predicted molar refractivity (Wildman–Crippen MR) is 98.6 cm³/mol. The number of carbonyl (C=O) groups excluding carboxylic acids is 2. The summed E-state index contributed by atoms with van der Waals surface area (Å²) in [6, 6.07) is 6.98. The number of benzene rings is 1. The lowest BCUT2D eigenvalue weighted by Crippen LogP contribution is -2.42. The summed E-state index contributed by atoms with van der Waals surface area (Å²) in [4.78, 5) is 29.1. The van der Waals surface area contributed by atoms with Crippen LogP contribution in [0.25, 0.3) is 0 Å². The zero-order valence-corrected chi connectivity index (χ0v) is 15.2. The molecule has 1 saturated carbocycles. The number of aromatic nitrogens is 3. The molecule has 1 fully saturated rings.